The van der Waals surface area contributed by atoms with Crippen LogP contribution in [0.4, 0.5) is 22.7 Å². The summed E-state index contributed by atoms with van der Waals surface area (Å²) < 4.78 is 0. The fraction of sp³-hybridized carbons (Fsp3) is 0.0392. The summed E-state index contributed by atoms with van der Waals surface area (Å²) in [5.41, 5.74) is 7.83. The molecule has 0 unspecified atom stereocenters. The van der Waals surface area contributed by atoms with Crippen molar-refractivity contribution in [3.05, 3.63) is 225 Å². The van der Waals surface area contributed by atoms with Gasteiger partial charge in [0.25, 0.3) is 41.4 Å². The molecule has 3 aliphatic rings. The largest absolute Gasteiger partial charge is 0.322 e. The number of carbonyl (C=O) groups is 7. The molecule has 0 saturated heterocycles. The van der Waals surface area contributed by atoms with Crippen LogP contribution in [0.25, 0.3) is 0 Å². The van der Waals surface area contributed by atoms with Crippen molar-refractivity contribution in [2.45, 2.75) is 12.8 Å². The van der Waals surface area contributed by atoms with Gasteiger partial charge in [-0.1, -0.05) is 72.8 Å². The lowest BCUT2D eigenvalue weighted by Crippen LogP contribution is -2.29. The van der Waals surface area contributed by atoms with Crippen molar-refractivity contribution < 1.29 is 33.6 Å². The van der Waals surface area contributed by atoms with E-state index in [1.54, 1.807) is 97.1 Å². The second-order valence-electron chi connectivity index (χ2n) is 15.2. The van der Waals surface area contributed by atoms with Crippen LogP contribution in [0.15, 0.2) is 164 Å². The number of hydrogen-bond donors (Lipinski definition) is 1. The number of carbonyl (C=O) groups excluding carboxylic acids is 7. The molecule has 7 aromatic rings. The zero-order chi connectivity index (χ0) is 42.6. The van der Waals surface area contributed by atoms with E-state index in [2.05, 4.69) is 5.32 Å². The van der Waals surface area contributed by atoms with Crippen LogP contribution in [0.3, 0.4) is 0 Å². The molecule has 0 fully saturated rings. The summed E-state index contributed by atoms with van der Waals surface area (Å²) in [5, 5.41) is 2.86. The predicted octanol–water partition coefficient (Wildman–Crippen LogP) is 8.52. The third-order valence-corrected chi connectivity index (χ3v) is 11.3. The molecule has 0 radical (unpaired) electrons. The second-order valence-corrected chi connectivity index (χ2v) is 15.2. The van der Waals surface area contributed by atoms with E-state index in [4.69, 9.17) is 0 Å². The van der Waals surface area contributed by atoms with E-state index in [1.807, 2.05) is 48.5 Å². The monoisotopic (exact) mass is 812 g/mol. The van der Waals surface area contributed by atoms with Gasteiger partial charge in [0, 0.05) is 11.3 Å². The van der Waals surface area contributed by atoms with Gasteiger partial charge in [0.15, 0.2) is 0 Å². The Morgan fingerprint density at radius 3 is 1.02 bits per heavy atom. The molecule has 298 valence electrons. The van der Waals surface area contributed by atoms with E-state index in [-0.39, 0.29) is 40.3 Å². The number of benzene rings is 7. The minimum atomic E-state index is -0.530. The molecule has 0 aliphatic carbocycles. The van der Waals surface area contributed by atoms with Gasteiger partial charge in [0.1, 0.15) is 0 Å². The summed E-state index contributed by atoms with van der Waals surface area (Å²) in [7, 11) is 0. The topological polar surface area (TPSA) is 141 Å². The summed E-state index contributed by atoms with van der Waals surface area (Å²) in [4.78, 5) is 95.4. The molecular formula is C51H32N4O7. The molecule has 0 saturated carbocycles. The molecule has 3 aliphatic heterocycles. The summed E-state index contributed by atoms with van der Waals surface area (Å²) >= 11 is 0. The van der Waals surface area contributed by atoms with Crippen molar-refractivity contribution in [2.75, 3.05) is 20.0 Å². The molecular weight excluding hydrogens is 781 g/mol. The van der Waals surface area contributed by atoms with Gasteiger partial charge in [-0.15, -0.1) is 0 Å². The summed E-state index contributed by atoms with van der Waals surface area (Å²) in [6.45, 7) is 0. The zero-order valence-corrected chi connectivity index (χ0v) is 32.7. The predicted molar refractivity (Wildman–Crippen MR) is 232 cm³/mol. The molecule has 10 rings (SSSR count). The fourth-order valence-electron chi connectivity index (χ4n) is 8.13. The molecule has 11 nitrogen and oxygen atoms in total. The van der Waals surface area contributed by atoms with Crippen LogP contribution < -0.4 is 20.0 Å². The first kappa shape index (κ1) is 37.7. The summed E-state index contributed by atoms with van der Waals surface area (Å²) in [5.74, 6) is -2.85. The average Bonchev–Trinajstić information content (AvgIpc) is 3.82. The first-order valence-electron chi connectivity index (χ1n) is 19.8. The molecule has 3 heterocycles. The van der Waals surface area contributed by atoms with Crippen LogP contribution in [0.5, 0.6) is 0 Å². The maximum Gasteiger partial charge on any atom is 0.266 e. The van der Waals surface area contributed by atoms with Gasteiger partial charge in [-0.3, -0.25) is 33.6 Å². The lowest BCUT2D eigenvalue weighted by atomic mass is 10.0. The second kappa shape index (κ2) is 14.9. The Bertz CT molecular complexity index is 3000. The van der Waals surface area contributed by atoms with Crippen molar-refractivity contribution in [1.29, 1.82) is 0 Å². The minimum absolute atomic E-state index is 0.134. The molecule has 7 amide bonds. The maximum atomic E-state index is 13.6. The Labute approximate surface area is 354 Å². The van der Waals surface area contributed by atoms with Crippen LogP contribution in [0, 0.1) is 0 Å². The number of nitrogens with one attached hydrogen (secondary N) is 1. The van der Waals surface area contributed by atoms with Gasteiger partial charge in [-0.2, -0.15) is 0 Å². The Balaban J connectivity index is 0.753. The Hall–Kier alpha value is -8.57. The maximum absolute atomic E-state index is 13.6. The third-order valence-electron chi connectivity index (χ3n) is 11.3. The van der Waals surface area contributed by atoms with Crippen LogP contribution in [-0.2, 0) is 12.8 Å². The van der Waals surface area contributed by atoms with E-state index >= 15 is 0 Å². The van der Waals surface area contributed by atoms with Gasteiger partial charge < -0.3 is 5.32 Å². The summed E-state index contributed by atoms with van der Waals surface area (Å²) in [6, 6.07) is 46.8. The van der Waals surface area contributed by atoms with Crippen molar-refractivity contribution in [3.63, 3.8) is 0 Å². The Kier molecular flexibility index (Phi) is 9.06. The lowest BCUT2D eigenvalue weighted by molar-refractivity contribution is 0.0910. The van der Waals surface area contributed by atoms with E-state index in [9.17, 15) is 33.6 Å². The van der Waals surface area contributed by atoms with Crippen molar-refractivity contribution in [1.82, 2.24) is 0 Å². The molecule has 62 heavy (non-hydrogen) atoms. The van der Waals surface area contributed by atoms with Gasteiger partial charge in [-0.05, 0) is 126 Å². The van der Waals surface area contributed by atoms with E-state index in [0.717, 1.165) is 27.2 Å². The van der Waals surface area contributed by atoms with Crippen LogP contribution in [0.1, 0.15) is 94.8 Å². The van der Waals surface area contributed by atoms with Crippen LogP contribution >= 0.6 is 0 Å². The van der Waals surface area contributed by atoms with Gasteiger partial charge >= 0.3 is 0 Å². The highest BCUT2D eigenvalue weighted by atomic mass is 16.2. The number of amides is 7. The molecule has 11 heteroatoms. The highest BCUT2D eigenvalue weighted by Gasteiger charge is 2.39. The molecule has 0 bridgehead atoms. The van der Waals surface area contributed by atoms with E-state index in [1.165, 1.54) is 28.0 Å². The number of anilines is 4. The van der Waals surface area contributed by atoms with Gasteiger partial charge in [0.2, 0.25) is 0 Å². The highest BCUT2D eigenvalue weighted by Crippen LogP contribution is 2.33. The Morgan fingerprint density at radius 1 is 0.355 bits per heavy atom. The van der Waals surface area contributed by atoms with Crippen molar-refractivity contribution >= 4 is 64.1 Å². The third kappa shape index (κ3) is 6.45. The molecule has 7 aromatic carbocycles. The van der Waals surface area contributed by atoms with Crippen LogP contribution in [-0.4, -0.2) is 41.4 Å². The first-order chi connectivity index (χ1) is 30.1. The van der Waals surface area contributed by atoms with E-state index in [0.29, 0.717) is 57.8 Å². The van der Waals surface area contributed by atoms with Crippen molar-refractivity contribution in [2.24, 2.45) is 0 Å². The van der Waals surface area contributed by atoms with Crippen LogP contribution in [0.2, 0.25) is 0 Å². The quantitative estimate of drug-likeness (QED) is 0.144. The minimum Gasteiger partial charge on any atom is -0.322 e. The molecule has 0 atom stereocenters. The molecule has 0 spiro atoms. The number of imide groups is 3. The zero-order valence-electron chi connectivity index (χ0n) is 32.7. The molecule has 1 N–H and O–H groups in total. The van der Waals surface area contributed by atoms with Gasteiger partial charge in [0.05, 0.1) is 50.4 Å². The standard InChI is InChI=1S/C51H32N4O7/c56-45(52-35-18-9-30(10-19-35)27-31-11-20-36(21-12-31)53-46(57)39-5-1-2-6-40(39)47(53)58)34-17-26-43-44(29-34)51(62)55(50(43)61)38-24-15-33(16-25-38)28-32-13-22-37(23-14-32)54-48(59)41-7-3-4-8-42(41)49(54)60/h1-26,29H,27-28H2,(H,52,56). The lowest BCUT2D eigenvalue weighted by Gasteiger charge is -2.15. The number of hydrogen-bond acceptors (Lipinski definition) is 7. The SMILES string of the molecule is O=C(Nc1ccc(Cc2ccc(N3C(=O)c4ccccc4C3=O)cc2)cc1)c1ccc2c(c1)C(=O)N(c1ccc(Cc3ccc(N4C(=O)c5ccccc5C4=O)cc3)cc1)C2=O. The number of nitrogens with zero attached hydrogens (tertiary/aromatic N) is 3. The average molecular weight is 813 g/mol. The number of rotatable bonds is 9. The van der Waals surface area contributed by atoms with Gasteiger partial charge in [-0.25, -0.2) is 14.7 Å². The first-order valence-corrected chi connectivity index (χ1v) is 19.8. The Morgan fingerprint density at radius 2 is 0.661 bits per heavy atom. The normalized spacial score (nSPS) is 14.1. The fourth-order valence-corrected chi connectivity index (χ4v) is 8.13. The smallest absolute Gasteiger partial charge is 0.266 e. The summed E-state index contributed by atoms with van der Waals surface area (Å²) in [6.07, 6.45) is 1.11. The number of fused-ring (bicyclic) bond motifs is 3. The molecule has 0 aromatic heterocycles. The highest BCUT2D eigenvalue weighted by molar-refractivity contribution is 6.36. The van der Waals surface area contributed by atoms with Crippen molar-refractivity contribution in [3.8, 4) is 0 Å². The van der Waals surface area contributed by atoms with E-state index < -0.39 is 17.7 Å².